The summed E-state index contributed by atoms with van der Waals surface area (Å²) in [6, 6.07) is 6.07. The van der Waals surface area contributed by atoms with E-state index in [2.05, 4.69) is 5.32 Å². The van der Waals surface area contributed by atoms with Crippen molar-refractivity contribution in [2.75, 3.05) is 19.6 Å². The van der Waals surface area contributed by atoms with E-state index >= 15 is 0 Å². The Labute approximate surface area is 104 Å². The molecule has 0 spiro atoms. The van der Waals surface area contributed by atoms with Gasteiger partial charge in [-0.3, -0.25) is 14.4 Å². The molecule has 6 heteroatoms. The maximum absolute atomic E-state index is 12.1. The normalized spacial score (nSPS) is 15.1. The fraction of sp³-hybridized carbons (Fsp3) is 0.250. The van der Waals surface area contributed by atoms with Crippen LogP contribution in [-0.2, 0) is 4.79 Å². The predicted octanol–water partition coefficient (Wildman–Crippen LogP) is -0.643. The molecule has 0 radical (unpaired) electrons. The van der Waals surface area contributed by atoms with E-state index in [4.69, 9.17) is 5.73 Å². The Morgan fingerprint density at radius 1 is 1.17 bits per heavy atom. The first kappa shape index (κ1) is 12.1. The number of amides is 3. The molecule has 3 N–H and O–H groups in total. The lowest BCUT2D eigenvalue weighted by Gasteiger charge is -2.26. The molecule has 6 nitrogen and oxygen atoms in total. The van der Waals surface area contributed by atoms with Crippen molar-refractivity contribution in [3.63, 3.8) is 0 Å². The topological polar surface area (TPSA) is 92.5 Å². The van der Waals surface area contributed by atoms with E-state index < -0.39 is 5.91 Å². The monoisotopic (exact) mass is 247 g/mol. The van der Waals surface area contributed by atoms with E-state index in [0.29, 0.717) is 24.2 Å². The summed E-state index contributed by atoms with van der Waals surface area (Å²) < 4.78 is 0. The Balaban J connectivity index is 2.13. The van der Waals surface area contributed by atoms with Crippen molar-refractivity contribution >= 4 is 17.7 Å². The third kappa shape index (κ3) is 2.48. The minimum atomic E-state index is -0.536. The van der Waals surface area contributed by atoms with E-state index in [0.717, 1.165) is 0 Å². The number of benzene rings is 1. The van der Waals surface area contributed by atoms with Gasteiger partial charge in [0.05, 0.1) is 6.54 Å². The molecule has 94 valence electrons. The molecule has 3 amide bonds. The molecule has 18 heavy (non-hydrogen) atoms. The molecule has 0 unspecified atom stereocenters. The molecule has 2 rings (SSSR count). The number of nitrogens with two attached hydrogens (primary N) is 1. The van der Waals surface area contributed by atoms with Gasteiger partial charge in [-0.2, -0.15) is 0 Å². The first-order chi connectivity index (χ1) is 8.58. The Kier molecular flexibility index (Phi) is 3.27. The summed E-state index contributed by atoms with van der Waals surface area (Å²) in [7, 11) is 0. The van der Waals surface area contributed by atoms with Crippen molar-refractivity contribution in [1.82, 2.24) is 10.2 Å². The number of hydrogen-bond acceptors (Lipinski definition) is 3. The Morgan fingerprint density at radius 2 is 1.78 bits per heavy atom. The molecule has 0 aliphatic carbocycles. The second kappa shape index (κ2) is 4.87. The van der Waals surface area contributed by atoms with Crippen molar-refractivity contribution < 1.29 is 14.4 Å². The third-order valence-electron chi connectivity index (χ3n) is 2.74. The third-order valence-corrected chi connectivity index (χ3v) is 2.74. The maximum atomic E-state index is 12.1. The quantitative estimate of drug-likeness (QED) is 0.727. The smallest absolute Gasteiger partial charge is 0.254 e. The minimum absolute atomic E-state index is 0.0659. The summed E-state index contributed by atoms with van der Waals surface area (Å²) in [5, 5.41) is 2.65. The van der Waals surface area contributed by atoms with Crippen LogP contribution < -0.4 is 11.1 Å². The molecule has 1 aliphatic rings. The summed E-state index contributed by atoms with van der Waals surface area (Å²) >= 11 is 0. The van der Waals surface area contributed by atoms with Crippen LogP contribution in [0, 0.1) is 0 Å². The van der Waals surface area contributed by atoms with Crippen LogP contribution in [0.1, 0.15) is 20.7 Å². The van der Waals surface area contributed by atoms with Gasteiger partial charge in [-0.15, -0.1) is 0 Å². The van der Waals surface area contributed by atoms with Crippen LogP contribution in [-0.4, -0.2) is 42.3 Å². The summed E-state index contributed by atoms with van der Waals surface area (Å²) in [6.07, 6.45) is 0. The zero-order valence-electron chi connectivity index (χ0n) is 9.68. The molecule has 0 atom stereocenters. The van der Waals surface area contributed by atoms with E-state index in [-0.39, 0.29) is 18.4 Å². The van der Waals surface area contributed by atoms with Gasteiger partial charge in [0.15, 0.2) is 0 Å². The fourth-order valence-corrected chi connectivity index (χ4v) is 1.77. The number of nitrogens with zero attached hydrogens (tertiary/aromatic N) is 1. The van der Waals surface area contributed by atoms with Gasteiger partial charge in [0.25, 0.3) is 5.91 Å². The van der Waals surface area contributed by atoms with E-state index in [9.17, 15) is 14.4 Å². The highest BCUT2D eigenvalue weighted by Crippen LogP contribution is 2.08. The number of hydrogen-bond donors (Lipinski definition) is 2. The molecule has 1 aromatic rings. The van der Waals surface area contributed by atoms with Crippen LogP contribution in [0.15, 0.2) is 24.3 Å². The Bertz CT molecular complexity index is 496. The summed E-state index contributed by atoms with van der Waals surface area (Å²) in [4.78, 5) is 35.6. The van der Waals surface area contributed by atoms with Crippen LogP contribution in [0.3, 0.4) is 0 Å². The standard InChI is InChI=1S/C12H13N3O3/c13-11(17)8-1-3-9(4-2-8)12(18)15-6-5-14-10(16)7-15/h1-4H,5-7H2,(H2,13,17)(H,14,16). The van der Waals surface area contributed by atoms with Gasteiger partial charge < -0.3 is 16.0 Å². The number of carbonyl (C=O) groups is 3. The minimum Gasteiger partial charge on any atom is -0.366 e. The molecule has 0 bridgehead atoms. The summed E-state index contributed by atoms with van der Waals surface area (Å²) in [6.45, 7) is 1.02. The number of primary amides is 1. The highest BCUT2D eigenvalue weighted by atomic mass is 16.2. The summed E-state index contributed by atoms with van der Waals surface area (Å²) in [5.74, 6) is -0.921. The van der Waals surface area contributed by atoms with Gasteiger partial charge in [-0.1, -0.05) is 0 Å². The largest absolute Gasteiger partial charge is 0.366 e. The molecule has 1 heterocycles. The van der Waals surface area contributed by atoms with Gasteiger partial charge >= 0.3 is 0 Å². The molecular formula is C12H13N3O3. The number of nitrogens with one attached hydrogen (secondary N) is 1. The second-order valence-corrected chi connectivity index (χ2v) is 4.02. The lowest BCUT2D eigenvalue weighted by atomic mass is 10.1. The highest BCUT2D eigenvalue weighted by Gasteiger charge is 2.22. The van der Waals surface area contributed by atoms with Crippen molar-refractivity contribution in [2.24, 2.45) is 5.73 Å². The van der Waals surface area contributed by atoms with Crippen LogP contribution >= 0.6 is 0 Å². The van der Waals surface area contributed by atoms with Crippen molar-refractivity contribution in [2.45, 2.75) is 0 Å². The molecule has 1 saturated heterocycles. The number of carbonyl (C=O) groups excluding carboxylic acids is 3. The second-order valence-electron chi connectivity index (χ2n) is 4.02. The van der Waals surface area contributed by atoms with E-state index in [1.807, 2.05) is 0 Å². The molecule has 1 aliphatic heterocycles. The van der Waals surface area contributed by atoms with Gasteiger partial charge in [0.2, 0.25) is 11.8 Å². The van der Waals surface area contributed by atoms with Crippen LogP contribution in [0.25, 0.3) is 0 Å². The number of piperazine rings is 1. The van der Waals surface area contributed by atoms with Gasteiger partial charge in [-0.25, -0.2) is 0 Å². The first-order valence-corrected chi connectivity index (χ1v) is 5.54. The van der Waals surface area contributed by atoms with Gasteiger partial charge in [0.1, 0.15) is 0 Å². The SMILES string of the molecule is NC(=O)c1ccc(C(=O)N2CCNC(=O)C2)cc1. The number of rotatable bonds is 2. The van der Waals surface area contributed by atoms with Crippen LogP contribution in [0.5, 0.6) is 0 Å². The summed E-state index contributed by atoms with van der Waals surface area (Å²) in [5.41, 5.74) is 5.90. The van der Waals surface area contributed by atoms with E-state index in [1.54, 1.807) is 0 Å². The molecule has 1 fully saturated rings. The molecule has 0 saturated carbocycles. The van der Waals surface area contributed by atoms with Crippen LogP contribution in [0.4, 0.5) is 0 Å². The molecule has 1 aromatic carbocycles. The highest BCUT2D eigenvalue weighted by molar-refractivity contribution is 5.98. The lowest BCUT2D eigenvalue weighted by molar-refractivity contribution is -0.123. The van der Waals surface area contributed by atoms with Crippen molar-refractivity contribution in [1.29, 1.82) is 0 Å². The maximum Gasteiger partial charge on any atom is 0.254 e. The molecule has 0 aromatic heterocycles. The van der Waals surface area contributed by atoms with E-state index in [1.165, 1.54) is 29.2 Å². The van der Waals surface area contributed by atoms with Gasteiger partial charge in [-0.05, 0) is 24.3 Å². The average Bonchev–Trinajstić information content (AvgIpc) is 2.38. The zero-order chi connectivity index (χ0) is 13.1. The van der Waals surface area contributed by atoms with Crippen molar-refractivity contribution in [3.8, 4) is 0 Å². The van der Waals surface area contributed by atoms with Crippen molar-refractivity contribution in [3.05, 3.63) is 35.4 Å². The van der Waals surface area contributed by atoms with Gasteiger partial charge in [0, 0.05) is 24.2 Å². The lowest BCUT2D eigenvalue weighted by Crippen LogP contribution is -2.49. The van der Waals surface area contributed by atoms with Crippen LogP contribution in [0.2, 0.25) is 0 Å². The fourth-order valence-electron chi connectivity index (χ4n) is 1.77. The average molecular weight is 247 g/mol. The Hall–Kier alpha value is -2.37. The zero-order valence-corrected chi connectivity index (χ0v) is 9.68. The predicted molar refractivity (Wildman–Crippen MR) is 63.9 cm³/mol. The molecular weight excluding hydrogens is 234 g/mol. The Morgan fingerprint density at radius 3 is 2.33 bits per heavy atom. The first-order valence-electron chi connectivity index (χ1n) is 5.54.